The minimum atomic E-state index is -5.08. The molecule has 0 fully saturated rings. The van der Waals surface area contributed by atoms with Crippen molar-refractivity contribution in [2.24, 2.45) is 0 Å². The van der Waals surface area contributed by atoms with E-state index in [9.17, 15) is 22.8 Å². The maximum Gasteiger partial charge on any atom is 0.490 e. The van der Waals surface area contributed by atoms with Crippen LogP contribution in [0.25, 0.3) is 11.1 Å². The zero-order chi connectivity index (χ0) is 28.0. The Morgan fingerprint density at radius 2 is 1.74 bits per heavy atom. The van der Waals surface area contributed by atoms with Gasteiger partial charge in [-0.15, -0.1) is 0 Å². The van der Waals surface area contributed by atoms with E-state index in [1.807, 2.05) is 25.1 Å². The van der Waals surface area contributed by atoms with E-state index in [1.54, 1.807) is 25.3 Å². The highest BCUT2D eigenvalue weighted by Gasteiger charge is 2.38. The van der Waals surface area contributed by atoms with Gasteiger partial charge in [0, 0.05) is 23.6 Å². The highest BCUT2D eigenvalue weighted by molar-refractivity contribution is 5.95. The Morgan fingerprint density at radius 1 is 1.08 bits per heavy atom. The SMILES string of the molecule is COC(=O)c1cnc(Nc2ccc(C)c(OC)c2)nc1Nc1ccc2oc(=O)[nH]c2c1.O=C(O)C(F)(F)F. The molecule has 0 aliphatic rings. The van der Waals surface area contributed by atoms with Crippen LogP contribution in [0.3, 0.4) is 0 Å². The van der Waals surface area contributed by atoms with Gasteiger partial charge in [0.25, 0.3) is 0 Å². The molecule has 2 aromatic carbocycles. The molecule has 0 bridgehead atoms. The summed E-state index contributed by atoms with van der Waals surface area (Å²) >= 11 is 0. The number of fused-ring (bicyclic) bond motifs is 1. The molecule has 38 heavy (non-hydrogen) atoms. The summed E-state index contributed by atoms with van der Waals surface area (Å²) in [6.07, 6.45) is -3.72. The smallest absolute Gasteiger partial charge is 0.490 e. The van der Waals surface area contributed by atoms with Crippen LogP contribution in [0.5, 0.6) is 5.75 Å². The number of esters is 1. The van der Waals surface area contributed by atoms with Gasteiger partial charge in [-0.05, 0) is 36.8 Å². The molecule has 0 aliphatic heterocycles. The number of alkyl halides is 3. The number of aliphatic carboxylic acids is 1. The second kappa shape index (κ2) is 11.3. The predicted molar refractivity (Wildman–Crippen MR) is 128 cm³/mol. The van der Waals surface area contributed by atoms with Crippen molar-refractivity contribution in [1.82, 2.24) is 15.0 Å². The molecule has 0 spiro atoms. The van der Waals surface area contributed by atoms with E-state index >= 15 is 0 Å². The van der Waals surface area contributed by atoms with E-state index in [1.165, 1.54) is 13.3 Å². The van der Waals surface area contributed by atoms with Crippen LogP contribution >= 0.6 is 0 Å². The number of methoxy groups -OCH3 is 2. The van der Waals surface area contributed by atoms with Crippen molar-refractivity contribution in [2.75, 3.05) is 24.9 Å². The molecule has 4 rings (SSSR count). The number of H-pyrrole nitrogens is 1. The fourth-order valence-corrected chi connectivity index (χ4v) is 2.99. The molecule has 2 aromatic heterocycles. The second-order valence-corrected chi connectivity index (χ2v) is 7.41. The lowest BCUT2D eigenvalue weighted by Gasteiger charge is -2.13. The monoisotopic (exact) mass is 535 g/mol. The number of halogens is 3. The van der Waals surface area contributed by atoms with E-state index in [0.29, 0.717) is 16.8 Å². The lowest BCUT2D eigenvalue weighted by Crippen LogP contribution is -2.21. The molecule has 0 atom stereocenters. The first-order valence-electron chi connectivity index (χ1n) is 10.5. The Hall–Kier alpha value is -5.08. The Bertz CT molecular complexity index is 1530. The van der Waals surface area contributed by atoms with E-state index in [4.69, 9.17) is 23.8 Å². The molecule has 0 amide bonds. The standard InChI is InChI=1S/C21H19N5O5.C2HF3O2/c1-11-4-5-13(9-17(11)29-2)24-20-22-10-14(19(27)30-3)18(26-20)23-12-6-7-16-15(8-12)25-21(28)31-16;3-2(4,5)1(6)7/h4-10H,1-3H3,(H,25,28)(H2,22,23,24,26);(H,6,7). The summed E-state index contributed by atoms with van der Waals surface area (Å²) in [4.78, 5) is 43.7. The fourth-order valence-electron chi connectivity index (χ4n) is 2.99. The summed E-state index contributed by atoms with van der Waals surface area (Å²) in [5, 5.41) is 13.3. The van der Waals surface area contributed by atoms with E-state index in [2.05, 4.69) is 25.6 Å². The van der Waals surface area contributed by atoms with Gasteiger partial charge in [0.15, 0.2) is 11.4 Å². The quantitative estimate of drug-likeness (QED) is 0.262. The van der Waals surface area contributed by atoms with Crippen LogP contribution in [0, 0.1) is 6.92 Å². The predicted octanol–water partition coefficient (Wildman–Crippen LogP) is 4.14. The van der Waals surface area contributed by atoms with Crippen LogP contribution in [0.15, 0.2) is 51.8 Å². The largest absolute Gasteiger partial charge is 0.496 e. The number of aryl methyl sites for hydroxylation is 1. The number of aromatic nitrogens is 3. The van der Waals surface area contributed by atoms with Crippen molar-refractivity contribution >= 4 is 46.2 Å². The number of carboxylic acids is 1. The third kappa shape index (κ3) is 6.77. The van der Waals surface area contributed by atoms with Gasteiger partial charge in [0.1, 0.15) is 11.3 Å². The number of rotatable bonds is 6. The Morgan fingerprint density at radius 3 is 2.37 bits per heavy atom. The first kappa shape index (κ1) is 27.5. The molecule has 4 aromatic rings. The average molecular weight is 535 g/mol. The number of anilines is 4. The van der Waals surface area contributed by atoms with Crippen molar-refractivity contribution in [3.63, 3.8) is 0 Å². The zero-order valence-corrected chi connectivity index (χ0v) is 20.0. The summed E-state index contributed by atoms with van der Waals surface area (Å²) in [7, 11) is 2.87. The van der Waals surface area contributed by atoms with Gasteiger partial charge in [0.2, 0.25) is 5.95 Å². The first-order chi connectivity index (χ1) is 17.9. The molecule has 12 nitrogen and oxygen atoms in total. The molecule has 0 radical (unpaired) electrons. The number of nitrogens with zero attached hydrogens (tertiary/aromatic N) is 2. The Labute approximate surface area is 211 Å². The second-order valence-electron chi connectivity index (χ2n) is 7.41. The van der Waals surface area contributed by atoms with Crippen LogP contribution in [-0.4, -0.2) is 52.4 Å². The molecule has 15 heteroatoms. The van der Waals surface area contributed by atoms with Gasteiger partial charge in [-0.2, -0.15) is 18.2 Å². The number of carboxylic acid groups (broad SMARTS) is 1. The van der Waals surface area contributed by atoms with Gasteiger partial charge in [-0.3, -0.25) is 4.98 Å². The maximum atomic E-state index is 12.2. The number of ether oxygens (including phenoxy) is 2. The Balaban J connectivity index is 0.000000505. The minimum Gasteiger partial charge on any atom is -0.496 e. The van der Waals surface area contributed by atoms with Crippen LogP contribution in [0.4, 0.5) is 36.3 Å². The summed E-state index contributed by atoms with van der Waals surface area (Å²) < 4.78 is 46.9. The number of benzene rings is 2. The number of nitrogens with one attached hydrogen (secondary N) is 3. The number of carbonyl (C=O) groups excluding carboxylic acids is 1. The lowest BCUT2D eigenvalue weighted by atomic mass is 10.2. The summed E-state index contributed by atoms with van der Waals surface area (Å²) in [6, 6.07) is 10.6. The number of carbonyl (C=O) groups is 2. The lowest BCUT2D eigenvalue weighted by molar-refractivity contribution is -0.192. The summed E-state index contributed by atoms with van der Waals surface area (Å²) in [6.45, 7) is 1.94. The molecule has 2 heterocycles. The molecule has 0 aliphatic carbocycles. The molecular weight excluding hydrogens is 515 g/mol. The fraction of sp³-hybridized carbons (Fsp3) is 0.174. The van der Waals surface area contributed by atoms with Gasteiger partial charge >= 0.3 is 23.9 Å². The van der Waals surface area contributed by atoms with Crippen LogP contribution in [-0.2, 0) is 9.53 Å². The van der Waals surface area contributed by atoms with Crippen molar-refractivity contribution in [3.8, 4) is 5.75 Å². The first-order valence-corrected chi connectivity index (χ1v) is 10.5. The molecule has 200 valence electrons. The number of hydrogen-bond acceptors (Lipinski definition) is 10. The van der Waals surface area contributed by atoms with Crippen LogP contribution < -0.4 is 21.1 Å². The van der Waals surface area contributed by atoms with Crippen molar-refractivity contribution in [1.29, 1.82) is 0 Å². The highest BCUT2D eigenvalue weighted by atomic mass is 19.4. The number of hydrogen-bond donors (Lipinski definition) is 4. The zero-order valence-electron chi connectivity index (χ0n) is 20.0. The topological polar surface area (TPSA) is 169 Å². The normalized spacial score (nSPS) is 10.8. The molecule has 0 saturated heterocycles. The van der Waals surface area contributed by atoms with Crippen molar-refractivity contribution < 1.29 is 41.8 Å². The molecular formula is C23H20F3N5O7. The molecule has 0 unspecified atom stereocenters. The van der Waals surface area contributed by atoms with Crippen LogP contribution in [0.1, 0.15) is 15.9 Å². The minimum absolute atomic E-state index is 0.148. The van der Waals surface area contributed by atoms with E-state index < -0.39 is 23.9 Å². The van der Waals surface area contributed by atoms with E-state index in [-0.39, 0.29) is 17.3 Å². The number of aromatic amines is 1. The summed E-state index contributed by atoms with van der Waals surface area (Å²) in [5.74, 6) is -2.69. The molecule has 4 N–H and O–H groups in total. The van der Waals surface area contributed by atoms with Gasteiger partial charge in [0.05, 0.1) is 19.7 Å². The molecule has 0 saturated carbocycles. The van der Waals surface area contributed by atoms with Gasteiger partial charge in [-0.1, -0.05) is 6.07 Å². The maximum absolute atomic E-state index is 12.2. The highest BCUT2D eigenvalue weighted by Crippen LogP contribution is 2.26. The number of oxazole rings is 1. The van der Waals surface area contributed by atoms with Gasteiger partial charge < -0.3 is 29.6 Å². The third-order valence-corrected chi connectivity index (χ3v) is 4.78. The van der Waals surface area contributed by atoms with Crippen molar-refractivity contribution in [3.05, 3.63) is 64.3 Å². The van der Waals surface area contributed by atoms with Crippen LogP contribution in [0.2, 0.25) is 0 Å². The Kier molecular flexibility index (Phi) is 8.19. The third-order valence-electron chi connectivity index (χ3n) is 4.78. The van der Waals surface area contributed by atoms with E-state index in [0.717, 1.165) is 17.0 Å². The van der Waals surface area contributed by atoms with Gasteiger partial charge in [-0.25, -0.2) is 19.4 Å². The van der Waals surface area contributed by atoms with Crippen molar-refractivity contribution in [2.45, 2.75) is 13.1 Å². The average Bonchev–Trinajstić information content (AvgIpc) is 3.24. The summed E-state index contributed by atoms with van der Waals surface area (Å²) in [5.41, 5.74) is 3.37.